The molecule has 0 spiro atoms. The summed E-state index contributed by atoms with van der Waals surface area (Å²) < 4.78 is 8.96. The number of hydrogen-bond acceptors (Lipinski definition) is 2. The van der Waals surface area contributed by atoms with Crippen molar-refractivity contribution in [2.24, 2.45) is 0 Å². The van der Waals surface area contributed by atoms with Crippen LogP contribution in [-0.2, 0) is 0 Å². The Morgan fingerprint density at radius 2 is 0.806 bits per heavy atom. The molecule has 0 radical (unpaired) electrons. The van der Waals surface area contributed by atoms with E-state index in [0.29, 0.717) is 0 Å². The normalized spacial score (nSPS) is 11.6. The lowest BCUT2D eigenvalue weighted by Crippen LogP contribution is -2.10. The van der Waals surface area contributed by atoms with Crippen molar-refractivity contribution in [3.63, 3.8) is 0 Å². The van der Waals surface area contributed by atoms with Crippen molar-refractivity contribution in [3.8, 4) is 50.2 Å². The molecule has 3 nitrogen and oxygen atoms in total. The van der Waals surface area contributed by atoms with Crippen LogP contribution in [0.15, 0.2) is 259 Å². The number of para-hydroxylation sites is 5. The molecular formula is C64H42N2O. The fourth-order valence-corrected chi connectivity index (χ4v) is 10.3. The molecule has 2 aromatic heterocycles. The van der Waals surface area contributed by atoms with E-state index in [1.54, 1.807) is 0 Å². The molecule has 2 heterocycles. The van der Waals surface area contributed by atoms with Crippen molar-refractivity contribution in [1.29, 1.82) is 0 Å². The highest BCUT2D eigenvalue weighted by Crippen LogP contribution is 2.43. The molecule has 13 aromatic rings. The molecule has 0 aliphatic heterocycles. The molecule has 0 amide bonds. The minimum absolute atomic E-state index is 0.894. The molecule has 0 aliphatic rings. The highest BCUT2D eigenvalue weighted by atomic mass is 16.3. The molecule has 0 atom stereocenters. The molecule has 0 N–H and O–H groups in total. The van der Waals surface area contributed by atoms with Crippen LogP contribution in [-0.4, -0.2) is 4.57 Å². The minimum atomic E-state index is 0.894. The third kappa shape index (κ3) is 6.59. The van der Waals surface area contributed by atoms with Gasteiger partial charge < -0.3 is 13.9 Å². The van der Waals surface area contributed by atoms with Gasteiger partial charge in [0.1, 0.15) is 11.2 Å². The van der Waals surface area contributed by atoms with E-state index in [9.17, 15) is 0 Å². The lowest BCUT2D eigenvalue weighted by atomic mass is 9.97. The summed E-state index contributed by atoms with van der Waals surface area (Å²) in [5.74, 6) is 0. The standard InChI is InChI=1S/C64H42N2O/c1-2-24-52-44(16-1)17-14-29-53(52)47-20-12-22-50(41-47)65(51-23-13-21-48(42-51)55-30-15-31-59-58-28-6-10-35-63(58)67-64(55)59)49-38-36-43(37-39-49)45-18-11-19-46(40-45)54-25-3-7-32-60(54)66-61-33-8-4-26-56(61)57-27-5-9-34-62(57)66/h1-42H. The zero-order valence-electron chi connectivity index (χ0n) is 36.6. The summed E-state index contributed by atoms with van der Waals surface area (Å²) >= 11 is 0. The van der Waals surface area contributed by atoms with Gasteiger partial charge in [-0.1, -0.05) is 188 Å². The highest BCUT2D eigenvalue weighted by Gasteiger charge is 2.19. The number of anilines is 3. The lowest BCUT2D eigenvalue weighted by molar-refractivity contribution is 0.670. The Morgan fingerprint density at radius 3 is 1.57 bits per heavy atom. The molecule has 0 unspecified atom stereocenters. The van der Waals surface area contributed by atoms with Crippen LogP contribution in [0.5, 0.6) is 0 Å². The van der Waals surface area contributed by atoms with Crippen LogP contribution in [0.25, 0.3) is 105 Å². The number of fused-ring (bicyclic) bond motifs is 7. The van der Waals surface area contributed by atoms with Crippen LogP contribution in [0.4, 0.5) is 17.1 Å². The van der Waals surface area contributed by atoms with Gasteiger partial charge in [0.25, 0.3) is 0 Å². The van der Waals surface area contributed by atoms with E-state index in [2.05, 4.69) is 252 Å². The van der Waals surface area contributed by atoms with Gasteiger partial charge in [-0.25, -0.2) is 0 Å². The average molecular weight is 855 g/mol. The maximum absolute atomic E-state index is 6.54. The molecule has 0 fully saturated rings. The number of hydrogen-bond donors (Lipinski definition) is 0. The zero-order chi connectivity index (χ0) is 44.3. The van der Waals surface area contributed by atoms with Gasteiger partial charge in [-0.3, -0.25) is 0 Å². The lowest BCUT2D eigenvalue weighted by Gasteiger charge is -2.27. The van der Waals surface area contributed by atoms with E-state index in [-0.39, 0.29) is 0 Å². The largest absolute Gasteiger partial charge is 0.455 e. The second kappa shape index (κ2) is 16.0. The number of nitrogens with zero attached hydrogens (tertiary/aromatic N) is 2. The van der Waals surface area contributed by atoms with Crippen LogP contribution in [0, 0.1) is 0 Å². The molecule has 3 heteroatoms. The third-order valence-electron chi connectivity index (χ3n) is 13.4. The van der Waals surface area contributed by atoms with Crippen molar-refractivity contribution in [2.45, 2.75) is 0 Å². The number of benzene rings is 11. The van der Waals surface area contributed by atoms with Crippen LogP contribution >= 0.6 is 0 Å². The van der Waals surface area contributed by atoms with E-state index in [1.807, 2.05) is 12.1 Å². The van der Waals surface area contributed by atoms with Crippen molar-refractivity contribution in [1.82, 2.24) is 4.57 Å². The molecule has 13 rings (SSSR count). The van der Waals surface area contributed by atoms with Crippen molar-refractivity contribution >= 4 is 71.6 Å². The van der Waals surface area contributed by atoms with Gasteiger partial charge >= 0.3 is 0 Å². The summed E-state index contributed by atoms with van der Waals surface area (Å²) in [6, 6.07) is 91.9. The molecular weight excluding hydrogens is 813 g/mol. The first-order chi connectivity index (χ1) is 33.2. The maximum Gasteiger partial charge on any atom is 0.143 e. The quantitative estimate of drug-likeness (QED) is 0.152. The van der Waals surface area contributed by atoms with E-state index < -0.39 is 0 Å². The Morgan fingerprint density at radius 1 is 0.299 bits per heavy atom. The number of rotatable bonds is 8. The Bertz CT molecular complexity index is 3950. The van der Waals surface area contributed by atoms with Crippen LogP contribution in [0.3, 0.4) is 0 Å². The fraction of sp³-hybridized carbons (Fsp3) is 0. The smallest absolute Gasteiger partial charge is 0.143 e. The molecule has 0 aliphatic carbocycles. The molecule has 0 saturated heterocycles. The Labute approximate surface area is 388 Å². The maximum atomic E-state index is 6.54. The van der Waals surface area contributed by atoms with Gasteiger partial charge in [0.2, 0.25) is 0 Å². The van der Waals surface area contributed by atoms with Gasteiger partial charge in [0.15, 0.2) is 0 Å². The summed E-state index contributed by atoms with van der Waals surface area (Å²) in [6.45, 7) is 0. The monoisotopic (exact) mass is 854 g/mol. The second-order valence-electron chi connectivity index (χ2n) is 17.3. The Kier molecular flexibility index (Phi) is 9.17. The van der Waals surface area contributed by atoms with Crippen LogP contribution in [0.2, 0.25) is 0 Å². The summed E-state index contributed by atoms with van der Waals surface area (Å²) in [5.41, 5.74) is 17.7. The zero-order valence-corrected chi connectivity index (χ0v) is 36.6. The van der Waals surface area contributed by atoms with E-state index >= 15 is 0 Å². The fourth-order valence-electron chi connectivity index (χ4n) is 10.3. The predicted molar refractivity (Wildman–Crippen MR) is 282 cm³/mol. The number of aromatic nitrogens is 1. The van der Waals surface area contributed by atoms with Gasteiger partial charge in [0, 0.05) is 49.7 Å². The molecule has 0 saturated carbocycles. The van der Waals surface area contributed by atoms with Crippen molar-refractivity contribution in [2.75, 3.05) is 4.90 Å². The van der Waals surface area contributed by atoms with Crippen molar-refractivity contribution in [3.05, 3.63) is 255 Å². The first-order valence-corrected chi connectivity index (χ1v) is 22.9. The van der Waals surface area contributed by atoms with Gasteiger partial charge in [-0.05, 0) is 111 Å². The number of furan rings is 1. The molecule has 314 valence electrons. The summed E-state index contributed by atoms with van der Waals surface area (Å²) in [4.78, 5) is 2.37. The summed E-state index contributed by atoms with van der Waals surface area (Å²) in [5, 5.41) is 7.22. The molecule has 0 bridgehead atoms. The average Bonchev–Trinajstić information content (AvgIpc) is 3.95. The first-order valence-electron chi connectivity index (χ1n) is 22.9. The van der Waals surface area contributed by atoms with Crippen LogP contribution in [0.1, 0.15) is 0 Å². The highest BCUT2D eigenvalue weighted by molar-refractivity contribution is 6.11. The summed E-state index contributed by atoms with van der Waals surface area (Å²) in [7, 11) is 0. The first kappa shape index (κ1) is 38.5. The van der Waals surface area contributed by atoms with Gasteiger partial charge in [-0.2, -0.15) is 0 Å². The predicted octanol–water partition coefficient (Wildman–Crippen LogP) is 18.0. The van der Waals surface area contributed by atoms with Gasteiger partial charge in [-0.15, -0.1) is 0 Å². The second-order valence-corrected chi connectivity index (χ2v) is 17.3. The van der Waals surface area contributed by atoms with Crippen LogP contribution < -0.4 is 4.90 Å². The van der Waals surface area contributed by atoms with Crippen molar-refractivity contribution < 1.29 is 4.42 Å². The third-order valence-corrected chi connectivity index (χ3v) is 13.4. The SMILES string of the molecule is c1cc(-c2ccc(N(c3cccc(-c4cccc5ccccc45)c3)c3cccc(-c4cccc5c4oc4ccccc45)c3)cc2)cc(-c2ccccc2-n2c3ccccc3c3ccccc32)c1. The molecule has 11 aromatic carbocycles. The Balaban J connectivity index is 0.917. The van der Waals surface area contributed by atoms with Gasteiger partial charge in [0.05, 0.1) is 16.7 Å². The topological polar surface area (TPSA) is 21.3 Å². The van der Waals surface area contributed by atoms with E-state index in [1.165, 1.54) is 49.3 Å². The minimum Gasteiger partial charge on any atom is -0.455 e. The van der Waals surface area contributed by atoms with E-state index in [4.69, 9.17) is 4.42 Å². The molecule has 67 heavy (non-hydrogen) atoms. The Hall–Kier alpha value is -8.92. The van der Waals surface area contributed by atoms with E-state index in [0.717, 1.165) is 72.5 Å². The summed E-state index contributed by atoms with van der Waals surface area (Å²) in [6.07, 6.45) is 0.